The smallest absolute Gasteiger partial charge is 0.141 e. The van der Waals surface area contributed by atoms with Crippen LogP contribution in [0.15, 0.2) is 36.5 Å². The molecule has 0 saturated heterocycles. The topological polar surface area (TPSA) is 38.9 Å². The van der Waals surface area contributed by atoms with Crippen molar-refractivity contribution < 1.29 is 13.2 Å². The first kappa shape index (κ1) is 14.5. The minimum absolute atomic E-state index is 0.0410. The summed E-state index contributed by atoms with van der Waals surface area (Å²) in [6.45, 7) is 1.80. The lowest BCUT2D eigenvalue weighted by atomic mass is 9.85. The molecule has 1 heterocycles. The van der Waals surface area contributed by atoms with Gasteiger partial charge in [-0.05, 0) is 30.7 Å². The number of nitrogens with two attached hydrogens (primary N) is 1. The van der Waals surface area contributed by atoms with E-state index in [0.29, 0.717) is 12.1 Å². The van der Waals surface area contributed by atoms with Crippen LogP contribution in [0.3, 0.4) is 0 Å². The van der Waals surface area contributed by atoms with Crippen LogP contribution in [0.1, 0.15) is 24.6 Å². The van der Waals surface area contributed by atoms with E-state index in [1.165, 1.54) is 30.3 Å². The number of rotatable bonds is 4. The second-order valence-corrected chi connectivity index (χ2v) is 4.75. The number of hydrogen-bond acceptors (Lipinski definition) is 2. The Balaban J connectivity index is 2.39. The number of halogens is 3. The molecule has 1 atom stereocenters. The molecule has 2 nitrogen and oxygen atoms in total. The number of nitrogens with zero attached hydrogens (tertiary/aromatic N) is 1. The van der Waals surface area contributed by atoms with E-state index in [0.717, 1.165) is 6.20 Å². The summed E-state index contributed by atoms with van der Waals surface area (Å²) >= 11 is 0. The van der Waals surface area contributed by atoms with E-state index in [1.54, 1.807) is 6.92 Å². The lowest BCUT2D eigenvalue weighted by Crippen LogP contribution is -2.39. The summed E-state index contributed by atoms with van der Waals surface area (Å²) in [5, 5.41) is 0. The van der Waals surface area contributed by atoms with E-state index in [1.807, 2.05) is 0 Å². The Morgan fingerprint density at radius 3 is 2.25 bits per heavy atom. The Labute approximate surface area is 115 Å². The van der Waals surface area contributed by atoms with Crippen LogP contribution in [0, 0.1) is 17.5 Å². The molecule has 1 unspecified atom stereocenters. The second-order valence-electron chi connectivity index (χ2n) is 4.75. The third-order valence-electron chi connectivity index (χ3n) is 3.42. The molecule has 0 aliphatic rings. The molecule has 106 valence electrons. The predicted molar refractivity (Wildman–Crippen MR) is 70.4 cm³/mol. The zero-order chi connectivity index (χ0) is 14.8. The molecule has 5 heteroatoms. The molecule has 0 amide bonds. The first-order chi connectivity index (χ1) is 9.46. The molecule has 1 aromatic carbocycles. The third kappa shape index (κ3) is 2.82. The maximum atomic E-state index is 13.7. The Morgan fingerprint density at radius 2 is 1.75 bits per heavy atom. The van der Waals surface area contributed by atoms with E-state index in [2.05, 4.69) is 4.98 Å². The summed E-state index contributed by atoms with van der Waals surface area (Å²) < 4.78 is 40.4. The van der Waals surface area contributed by atoms with Crippen molar-refractivity contribution in [2.45, 2.75) is 25.3 Å². The van der Waals surface area contributed by atoms with Gasteiger partial charge in [-0.3, -0.25) is 4.98 Å². The molecule has 0 bridgehead atoms. The van der Waals surface area contributed by atoms with Gasteiger partial charge in [0.25, 0.3) is 0 Å². The van der Waals surface area contributed by atoms with Gasteiger partial charge < -0.3 is 5.73 Å². The molecule has 20 heavy (non-hydrogen) atoms. The highest BCUT2D eigenvalue weighted by molar-refractivity contribution is 5.26. The largest absolute Gasteiger partial charge is 0.320 e. The molecular weight excluding hydrogens is 265 g/mol. The quantitative estimate of drug-likeness (QED) is 0.933. The zero-order valence-corrected chi connectivity index (χ0v) is 11.0. The first-order valence-corrected chi connectivity index (χ1v) is 6.30. The van der Waals surface area contributed by atoms with Crippen molar-refractivity contribution in [2.75, 3.05) is 0 Å². The van der Waals surface area contributed by atoms with Crippen LogP contribution in [-0.4, -0.2) is 4.98 Å². The number of aromatic nitrogens is 1. The van der Waals surface area contributed by atoms with Crippen molar-refractivity contribution in [3.63, 3.8) is 0 Å². The van der Waals surface area contributed by atoms with E-state index >= 15 is 0 Å². The summed E-state index contributed by atoms with van der Waals surface area (Å²) in [4.78, 5) is 3.93. The highest BCUT2D eigenvalue weighted by Gasteiger charge is 2.29. The maximum Gasteiger partial charge on any atom is 0.141 e. The monoisotopic (exact) mass is 280 g/mol. The van der Waals surface area contributed by atoms with E-state index in [4.69, 9.17) is 5.73 Å². The first-order valence-electron chi connectivity index (χ1n) is 6.30. The molecular formula is C15H15F3N2. The molecule has 2 aromatic rings. The lowest BCUT2D eigenvalue weighted by molar-refractivity contribution is 0.393. The van der Waals surface area contributed by atoms with Gasteiger partial charge in [-0.25, -0.2) is 13.2 Å². The van der Waals surface area contributed by atoms with Crippen molar-refractivity contribution >= 4 is 0 Å². The lowest BCUT2D eigenvalue weighted by Gasteiger charge is -2.28. The van der Waals surface area contributed by atoms with E-state index in [9.17, 15) is 13.2 Å². The highest BCUT2D eigenvalue weighted by atomic mass is 19.1. The minimum Gasteiger partial charge on any atom is -0.320 e. The number of pyridine rings is 1. The number of benzene rings is 1. The van der Waals surface area contributed by atoms with Gasteiger partial charge in [0.2, 0.25) is 0 Å². The Morgan fingerprint density at radius 1 is 1.10 bits per heavy atom. The maximum absolute atomic E-state index is 13.7. The average Bonchev–Trinajstić information content (AvgIpc) is 2.43. The van der Waals surface area contributed by atoms with Crippen LogP contribution < -0.4 is 5.73 Å². The zero-order valence-electron chi connectivity index (χ0n) is 11.0. The minimum atomic E-state index is -1.04. The van der Waals surface area contributed by atoms with Crippen LogP contribution in [0.5, 0.6) is 0 Å². The molecule has 0 fully saturated rings. The van der Waals surface area contributed by atoms with Gasteiger partial charge in [0, 0.05) is 12.0 Å². The molecule has 2 rings (SSSR count). The fraction of sp³-hybridized carbons (Fsp3) is 0.267. The van der Waals surface area contributed by atoms with Gasteiger partial charge >= 0.3 is 0 Å². The van der Waals surface area contributed by atoms with Gasteiger partial charge in [0.05, 0.1) is 17.4 Å². The summed E-state index contributed by atoms with van der Waals surface area (Å²) in [7, 11) is 0. The Bertz CT molecular complexity index is 578. The van der Waals surface area contributed by atoms with Crippen molar-refractivity contribution in [3.8, 4) is 0 Å². The Kier molecular flexibility index (Phi) is 4.09. The fourth-order valence-corrected chi connectivity index (χ4v) is 2.08. The molecule has 0 saturated carbocycles. The normalized spacial score (nSPS) is 14.1. The van der Waals surface area contributed by atoms with E-state index < -0.39 is 23.0 Å². The van der Waals surface area contributed by atoms with Crippen molar-refractivity contribution in [1.82, 2.24) is 4.98 Å². The van der Waals surface area contributed by atoms with Gasteiger partial charge in [0.15, 0.2) is 0 Å². The van der Waals surface area contributed by atoms with Crippen LogP contribution in [0.2, 0.25) is 0 Å². The molecule has 2 N–H and O–H groups in total. The van der Waals surface area contributed by atoms with Gasteiger partial charge in [-0.2, -0.15) is 0 Å². The molecule has 0 radical (unpaired) electrons. The van der Waals surface area contributed by atoms with E-state index in [-0.39, 0.29) is 12.0 Å². The summed E-state index contributed by atoms with van der Waals surface area (Å²) in [6.07, 6.45) is 1.42. The van der Waals surface area contributed by atoms with Gasteiger partial charge in [-0.15, -0.1) is 0 Å². The van der Waals surface area contributed by atoms with Crippen LogP contribution in [-0.2, 0) is 12.0 Å². The highest BCUT2D eigenvalue weighted by Crippen LogP contribution is 2.27. The number of hydrogen-bond donors (Lipinski definition) is 1. The van der Waals surface area contributed by atoms with Crippen molar-refractivity contribution in [1.29, 1.82) is 0 Å². The predicted octanol–water partition coefficient (Wildman–Crippen LogP) is 3.31. The summed E-state index contributed by atoms with van der Waals surface area (Å²) in [5.41, 5.74) is 5.50. The third-order valence-corrected chi connectivity index (χ3v) is 3.42. The Hall–Kier alpha value is -1.88. The van der Waals surface area contributed by atoms with Crippen LogP contribution in [0.4, 0.5) is 13.2 Å². The van der Waals surface area contributed by atoms with Crippen molar-refractivity contribution in [3.05, 3.63) is 65.2 Å². The van der Waals surface area contributed by atoms with Crippen LogP contribution in [0.25, 0.3) is 0 Å². The molecule has 0 aliphatic carbocycles. The average molecular weight is 280 g/mol. The summed E-state index contributed by atoms with van der Waals surface area (Å²) in [6, 6.07) is 6.35. The molecule has 0 spiro atoms. The fourth-order valence-electron chi connectivity index (χ4n) is 2.08. The van der Waals surface area contributed by atoms with Crippen molar-refractivity contribution in [2.24, 2.45) is 5.73 Å². The van der Waals surface area contributed by atoms with Crippen LogP contribution >= 0.6 is 0 Å². The molecule has 1 aromatic heterocycles. The summed E-state index contributed by atoms with van der Waals surface area (Å²) in [5.74, 6) is -1.77. The van der Waals surface area contributed by atoms with Gasteiger partial charge in [0.1, 0.15) is 17.5 Å². The standard InChI is InChI=1S/C15H15F3N2/c1-2-15(19,14-7-6-10(16)9-20-14)8-11-12(17)4-3-5-13(11)18/h3-7,9H,2,8,19H2,1H3. The molecule has 0 aliphatic heterocycles. The SMILES string of the molecule is CCC(N)(Cc1c(F)cccc1F)c1ccc(F)cn1. The van der Waals surface area contributed by atoms with Gasteiger partial charge in [-0.1, -0.05) is 13.0 Å². The second kappa shape index (κ2) is 5.63.